The van der Waals surface area contributed by atoms with Crippen molar-refractivity contribution in [3.63, 3.8) is 0 Å². The van der Waals surface area contributed by atoms with Crippen LogP contribution in [-0.4, -0.2) is 52.0 Å². The third kappa shape index (κ3) is 5.20. The molecule has 1 aromatic heterocycles. The van der Waals surface area contributed by atoms with Gasteiger partial charge >= 0.3 is 0 Å². The Balaban J connectivity index is 1.34. The third-order valence-corrected chi connectivity index (χ3v) is 5.59. The molecular weight excluding hydrogens is 348 g/mol. The van der Waals surface area contributed by atoms with Crippen LogP contribution < -0.4 is 10.2 Å². The van der Waals surface area contributed by atoms with Gasteiger partial charge in [0.15, 0.2) is 0 Å². The van der Waals surface area contributed by atoms with Gasteiger partial charge in [-0.1, -0.05) is 42.8 Å². The van der Waals surface area contributed by atoms with Gasteiger partial charge in [0.1, 0.15) is 0 Å². The second-order valence-electron chi connectivity index (χ2n) is 6.59. The molecule has 26 heavy (non-hydrogen) atoms. The van der Waals surface area contributed by atoms with Gasteiger partial charge in [0, 0.05) is 25.8 Å². The fourth-order valence-electron chi connectivity index (χ4n) is 3.20. The van der Waals surface area contributed by atoms with Crippen molar-refractivity contribution in [3.8, 4) is 0 Å². The highest BCUT2D eigenvalue weighted by Crippen LogP contribution is 2.31. The molecule has 1 aliphatic rings. The van der Waals surface area contributed by atoms with Crippen molar-refractivity contribution in [2.75, 3.05) is 30.8 Å². The van der Waals surface area contributed by atoms with Gasteiger partial charge in [0.05, 0.1) is 11.8 Å². The average molecular weight is 375 g/mol. The van der Waals surface area contributed by atoms with Crippen LogP contribution in [0, 0.1) is 0 Å². The van der Waals surface area contributed by atoms with Crippen LogP contribution in [0.4, 0.5) is 5.69 Å². The van der Waals surface area contributed by atoms with E-state index in [2.05, 4.69) is 44.9 Å². The number of nitrogens with zero attached hydrogens (tertiary/aromatic N) is 5. The van der Waals surface area contributed by atoms with Crippen molar-refractivity contribution < 1.29 is 4.79 Å². The van der Waals surface area contributed by atoms with Crippen molar-refractivity contribution in [2.24, 2.45) is 0 Å². The first-order chi connectivity index (χ1) is 12.7. The summed E-state index contributed by atoms with van der Waals surface area (Å²) in [4.78, 5) is 14.3. The Labute approximate surface area is 158 Å². The van der Waals surface area contributed by atoms with Crippen LogP contribution in [0.15, 0.2) is 35.5 Å². The third-order valence-electron chi connectivity index (χ3n) is 4.65. The minimum atomic E-state index is 0.0262. The van der Waals surface area contributed by atoms with Crippen molar-refractivity contribution in [1.82, 2.24) is 25.5 Å². The van der Waals surface area contributed by atoms with E-state index in [1.807, 2.05) is 22.9 Å². The number of anilines is 1. The number of thioether (sulfide) groups is 1. The molecule has 1 aliphatic carbocycles. The number of rotatable bonds is 9. The molecule has 0 unspecified atom stereocenters. The van der Waals surface area contributed by atoms with Crippen LogP contribution >= 0.6 is 11.8 Å². The highest BCUT2D eigenvalue weighted by Gasteiger charge is 2.21. The van der Waals surface area contributed by atoms with E-state index in [9.17, 15) is 4.79 Å². The Kier molecular flexibility index (Phi) is 6.88. The minimum Gasteiger partial charge on any atom is -0.375 e. The maximum absolute atomic E-state index is 12.1. The lowest BCUT2D eigenvalue weighted by Crippen LogP contribution is -2.29. The summed E-state index contributed by atoms with van der Waals surface area (Å²) in [6.45, 7) is 1.57. The Bertz CT molecular complexity index is 686. The number of hydrogen-bond donors (Lipinski definition) is 1. The number of carbonyl (C=O) groups excluding carboxylic acids is 1. The van der Waals surface area contributed by atoms with Crippen LogP contribution in [0.2, 0.25) is 0 Å². The van der Waals surface area contributed by atoms with Gasteiger partial charge in [-0.2, -0.15) is 0 Å². The quantitative estimate of drug-likeness (QED) is 0.537. The van der Waals surface area contributed by atoms with Crippen molar-refractivity contribution in [1.29, 1.82) is 0 Å². The van der Waals surface area contributed by atoms with Gasteiger partial charge in [-0.25, -0.2) is 4.68 Å². The highest BCUT2D eigenvalue weighted by atomic mass is 32.2. The predicted molar refractivity (Wildman–Crippen MR) is 103 cm³/mol. The largest absolute Gasteiger partial charge is 0.375 e. The van der Waals surface area contributed by atoms with Crippen molar-refractivity contribution in [2.45, 2.75) is 43.3 Å². The summed E-state index contributed by atoms with van der Waals surface area (Å²) < 4.78 is 1.89. The first kappa shape index (κ1) is 18.7. The molecule has 1 N–H and O–H groups in total. The van der Waals surface area contributed by atoms with E-state index in [0.717, 1.165) is 31.0 Å². The number of nitrogens with one attached hydrogen (secondary N) is 1. The molecule has 0 bridgehead atoms. The molecule has 8 heteroatoms. The molecule has 0 aliphatic heterocycles. The zero-order chi connectivity index (χ0) is 18.2. The first-order valence-corrected chi connectivity index (χ1v) is 10.2. The lowest BCUT2D eigenvalue weighted by atomic mass is 10.3. The summed E-state index contributed by atoms with van der Waals surface area (Å²) in [5.41, 5.74) is 1.19. The molecule has 1 saturated carbocycles. The number of benzene rings is 1. The number of tetrazole rings is 1. The van der Waals surface area contributed by atoms with E-state index < -0.39 is 0 Å². The molecule has 1 amide bonds. The standard InChI is InChI=1S/C18H26N6OS/c1-23(15-8-3-2-4-9-15)13-7-12-19-17(25)14-26-18-20-21-22-24(18)16-10-5-6-11-16/h2-4,8-9,16H,5-7,10-14H2,1H3,(H,19,25). The summed E-state index contributed by atoms with van der Waals surface area (Å²) in [5, 5.41) is 15.7. The van der Waals surface area contributed by atoms with E-state index in [1.165, 1.54) is 30.3 Å². The molecular formula is C18H26N6OS. The lowest BCUT2D eigenvalue weighted by molar-refractivity contribution is -0.118. The van der Waals surface area contributed by atoms with E-state index in [4.69, 9.17) is 0 Å². The van der Waals surface area contributed by atoms with Gasteiger partial charge < -0.3 is 10.2 Å². The summed E-state index contributed by atoms with van der Waals surface area (Å²) in [7, 11) is 2.07. The number of amides is 1. The normalized spacial score (nSPS) is 14.5. The molecule has 0 radical (unpaired) electrons. The Morgan fingerprint density at radius 2 is 2.08 bits per heavy atom. The second-order valence-corrected chi connectivity index (χ2v) is 7.54. The fourth-order valence-corrected chi connectivity index (χ4v) is 3.97. The van der Waals surface area contributed by atoms with Crippen LogP contribution in [0.25, 0.3) is 0 Å². The summed E-state index contributed by atoms with van der Waals surface area (Å²) in [6, 6.07) is 10.6. The molecule has 3 rings (SSSR count). The Morgan fingerprint density at radius 1 is 1.31 bits per heavy atom. The summed E-state index contributed by atoms with van der Waals surface area (Å²) in [5.74, 6) is 0.375. The van der Waals surface area contributed by atoms with E-state index in [0.29, 0.717) is 18.3 Å². The molecule has 0 saturated heterocycles. The molecule has 1 heterocycles. The highest BCUT2D eigenvalue weighted by molar-refractivity contribution is 7.99. The van der Waals surface area contributed by atoms with Gasteiger partial charge in [-0.15, -0.1) is 5.10 Å². The molecule has 7 nitrogen and oxygen atoms in total. The van der Waals surface area contributed by atoms with Gasteiger partial charge in [0.2, 0.25) is 11.1 Å². The van der Waals surface area contributed by atoms with Crippen molar-refractivity contribution >= 4 is 23.4 Å². The zero-order valence-electron chi connectivity index (χ0n) is 15.2. The second kappa shape index (κ2) is 9.56. The number of para-hydroxylation sites is 1. The maximum atomic E-state index is 12.1. The van der Waals surface area contributed by atoms with Crippen molar-refractivity contribution in [3.05, 3.63) is 30.3 Å². The van der Waals surface area contributed by atoms with Crippen LogP contribution in [0.5, 0.6) is 0 Å². The topological polar surface area (TPSA) is 75.9 Å². The number of aromatic nitrogens is 4. The predicted octanol–water partition coefficient (Wildman–Crippen LogP) is 2.52. The molecule has 1 aromatic carbocycles. The SMILES string of the molecule is CN(CCCNC(=O)CSc1nnnn1C1CCCC1)c1ccccc1. The molecule has 0 atom stereocenters. The molecule has 1 fully saturated rings. The van der Waals surface area contributed by atoms with Crippen LogP contribution in [0.3, 0.4) is 0 Å². The van der Waals surface area contributed by atoms with E-state index in [-0.39, 0.29) is 5.91 Å². The van der Waals surface area contributed by atoms with Crippen LogP contribution in [0.1, 0.15) is 38.1 Å². The number of carbonyl (C=O) groups is 1. The monoisotopic (exact) mass is 374 g/mol. The molecule has 140 valence electrons. The zero-order valence-corrected chi connectivity index (χ0v) is 16.0. The first-order valence-electron chi connectivity index (χ1n) is 9.17. The average Bonchev–Trinajstić information content (AvgIpc) is 3.35. The van der Waals surface area contributed by atoms with E-state index >= 15 is 0 Å². The fraction of sp³-hybridized carbons (Fsp3) is 0.556. The minimum absolute atomic E-state index is 0.0262. The van der Waals surface area contributed by atoms with Gasteiger partial charge in [-0.05, 0) is 41.8 Å². The Morgan fingerprint density at radius 3 is 2.85 bits per heavy atom. The Hall–Kier alpha value is -2.09. The van der Waals surface area contributed by atoms with E-state index in [1.54, 1.807) is 0 Å². The lowest BCUT2D eigenvalue weighted by Gasteiger charge is -2.19. The smallest absolute Gasteiger partial charge is 0.230 e. The van der Waals surface area contributed by atoms with Gasteiger partial charge in [-0.3, -0.25) is 4.79 Å². The maximum Gasteiger partial charge on any atom is 0.230 e. The summed E-state index contributed by atoms with van der Waals surface area (Å²) >= 11 is 1.41. The number of hydrogen-bond acceptors (Lipinski definition) is 6. The molecule has 2 aromatic rings. The van der Waals surface area contributed by atoms with Gasteiger partial charge in [0.25, 0.3) is 0 Å². The summed E-state index contributed by atoms with van der Waals surface area (Å²) in [6.07, 6.45) is 5.61. The van der Waals surface area contributed by atoms with Crippen LogP contribution in [-0.2, 0) is 4.79 Å². The molecule has 0 spiro atoms.